The van der Waals surface area contributed by atoms with E-state index in [1.54, 1.807) is 20.2 Å². The minimum Gasteiger partial charge on any atom is -0.468 e. The highest BCUT2D eigenvalue weighted by Crippen LogP contribution is 2.01. The van der Waals surface area contributed by atoms with E-state index in [-0.39, 0.29) is 0 Å². The van der Waals surface area contributed by atoms with Crippen LogP contribution < -0.4 is 5.32 Å². The van der Waals surface area contributed by atoms with Crippen molar-refractivity contribution in [2.45, 2.75) is 13.8 Å². The SMILES string of the molecule is C=C/C=C\C(NC(=NC)OC)=C(C)C. The molecule has 0 saturated heterocycles. The maximum absolute atomic E-state index is 5.01. The fraction of sp³-hybridized carbons (Fsp3) is 0.364. The van der Waals surface area contributed by atoms with Crippen LogP contribution in [-0.4, -0.2) is 20.2 Å². The second-order valence-electron chi connectivity index (χ2n) is 2.87. The summed E-state index contributed by atoms with van der Waals surface area (Å²) in [6, 6.07) is 0.495. The molecular weight excluding hydrogens is 176 g/mol. The van der Waals surface area contributed by atoms with Crippen molar-refractivity contribution >= 4 is 6.02 Å². The zero-order chi connectivity index (χ0) is 11.0. The Balaban J connectivity index is 4.64. The van der Waals surface area contributed by atoms with Crippen molar-refractivity contribution < 1.29 is 4.74 Å². The standard InChI is InChI=1S/C11H18N2O/c1-6-7-8-10(9(2)3)13-11(12-4)14-5/h6-8H,1H2,2-5H3,(H,12,13)/b8-7-. The van der Waals surface area contributed by atoms with Gasteiger partial charge < -0.3 is 10.1 Å². The minimum atomic E-state index is 0.495. The van der Waals surface area contributed by atoms with Crippen LogP contribution in [0.25, 0.3) is 0 Å². The summed E-state index contributed by atoms with van der Waals surface area (Å²) in [5.41, 5.74) is 2.12. The van der Waals surface area contributed by atoms with Crippen LogP contribution in [0, 0.1) is 0 Å². The number of aliphatic imine (C=N–C) groups is 1. The van der Waals surface area contributed by atoms with Crippen molar-refractivity contribution in [2.24, 2.45) is 4.99 Å². The molecule has 14 heavy (non-hydrogen) atoms. The van der Waals surface area contributed by atoms with E-state index in [2.05, 4.69) is 16.9 Å². The maximum Gasteiger partial charge on any atom is 0.288 e. The second-order valence-corrected chi connectivity index (χ2v) is 2.87. The highest BCUT2D eigenvalue weighted by Gasteiger charge is 1.99. The van der Waals surface area contributed by atoms with Crippen molar-refractivity contribution in [1.29, 1.82) is 0 Å². The van der Waals surface area contributed by atoms with Gasteiger partial charge in [-0.3, -0.25) is 0 Å². The molecule has 0 aromatic carbocycles. The number of ether oxygens (including phenoxy) is 1. The lowest BCUT2D eigenvalue weighted by Crippen LogP contribution is -2.24. The first-order valence-corrected chi connectivity index (χ1v) is 4.40. The Labute approximate surface area is 85.9 Å². The Morgan fingerprint density at radius 3 is 2.43 bits per heavy atom. The fourth-order valence-electron chi connectivity index (χ4n) is 0.811. The average Bonchev–Trinajstić information content (AvgIpc) is 2.18. The number of hydrogen-bond acceptors (Lipinski definition) is 2. The molecule has 0 bridgehead atoms. The van der Waals surface area contributed by atoms with Crippen LogP contribution in [0.5, 0.6) is 0 Å². The van der Waals surface area contributed by atoms with Gasteiger partial charge in [0.05, 0.1) is 7.11 Å². The van der Waals surface area contributed by atoms with Crippen LogP contribution in [0.15, 0.2) is 41.1 Å². The first-order chi connectivity index (χ1) is 6.65. The molecule has 3 heteroatoms. The summed E-state index contributed by atoms with van der Waals surface area (Å²) < 4.78 is 5.01. The van der Waals surface area contributed by atoms with Gasteiger partial charge in [-0.25, -0.2) is 4.99 Å². The Morgan fingerprint density at radius 1 is 1.43 bits per heavy atom. The molecule has 0 radical (unpaired) electrons. The smallest absolute Gasteiger partial charge is 0.288 e. The Kier molecular flexibility index (Phi) is 6.20. The topological polar surface area (TPSA) is 33.6 Å². The van der Waals surface area contributed by atoms with E-state index in [9.17, 15) is 0 Å². The van der Waals surface area contributed by atoms with Gasteiger partial charge in [0.25, 0.3) is 6.02 Å². The molecule has 0 aliphatic heterocycles. The summed E-state index contributed by atoms with van der Waals surface area (Å²) in [4.78, 5) is 3.93. The molecule has 0 spiro atoms. The van der Waals surface area contributed by atoms with Crippen LogP contribution in [0.4, 0.5) is 0 Å². The molecule has 78 valence electrons. The number of amidine groups is 1. The summed E-state index contributed by atoms with van der Waals surface area (Å²) in [5.74, 6) is 0. The van der Waals surface area contributed by atoms with Crippen molar-refractivity contribution in [3.8, 4) is 0 Å². The predicted octanol–water partition coefficient (Wildman–Crippen LogP) is 2.24. The third-order valence-electron chi connectivity index (χ3n) is 1.58. The van der Waals surface area contributed by atoms with Crippen molar-refractivity contribution in [3.63, 3.8) is 0 Å². The quantitative estimate of drug-likeness (QED) is 0.424. The average molecular weight is 194 g/mol. The number of hydrogen-bond donors (Lipinski definition) is 1. The molecule has 0 rings (SSSR count). The van der Waals surface area contributed by atoms with E-state index >= 15 is 0 Å². The van der Waals surface area contributed by atoms with Gasteiger partial charge in [-0.1, -0.05) is 24.3 Å². The van der Waals surface area contributed by atoms with Gasteiger partial charge in [-0.2, -0.15) is 0 Å². The van der Waals surface area contributed by atoms with Crippen molar-refractivity contribution in [2.75, 3.05) is 14.2 Å². The van der Waals surface area contributed by atoms with Crippen molar-refractivity contribution in [1.82, 2.24) is 5.32 Å². The first-order valence-electron chi connectivity index (χ1n) is 4.40. The lowest BCUT2D eigenvalue weighted by molar-refractivity contribution is 0.385. The normalized spacial score (nSPS) is 11.3. The highest BCUT2D eigenvalue weighted by molar-refractivity contribution is 5.76. The zero-order valence-corrected chi connectivity index (χ0v) is 9.29. The summed E-state index contributed by atoms with van der Waals surface area (Å²) in [6.07, 6.45) is 5.50. The predicted molar refractivity (Wildman–Crippen MR) is 61.2 cm³/mol. The van der Waals surface area contributed by atoms with E-state index < -0.39 is 0 Å². The van der Waals surface area contributed by atoms with Gasteiger partial charge in [0.2, 0.25) is 0 Å². The third-order valence-corrected chi connectivity index (χ3v) is 1.58. The molecule has 0 saturated carbocycles. The summed E-state index contributed by atoms with van der Waals surface area (Å²) in [5, 5.41) is 3.06. The monoisotopic (exact) mass is 194 g/mol. The van der Waals surface area contributed by atoms with Gasteiger partial charge in [0, 0.05) is 12.7 Å². The second kappa shape index (κ2) is 6.95. The van der Waals surface area contributed by atoms with Crippen LogP contribution in [0.1, 0.15) is 13.8 Å². The molecule has 0 aliphatic rings. The van der Waals surface area contributed by atoms with E-state index in [1.165, 1.54) is 0 Å². The number of nitrogens with one attached hydrogen (secondary N) is 1. The largest absolute Gasteiger partial charge is 0.468 e. The molecule has 0 amide bonds. The maximum atomic E-state index is 5.01. The van der Waals surface area contributed by atoms with Gasteiger partial charge in [-0.05, 0) is 19.9 Å². The van der Waals surface area contributed by atoms with Gasteiger partial charge in [0.15, 0.2) is 0 Å². The molecular formula is C11H18N2O. The van der Waals surface area contributed by atoms with E-state index in [1.807, 2.05) is 26.0 Å². The molecule has 0 aromatic rings. The summed E-state index contributed by atoms with van der Waals surface area (Å²) >= 11 is 0. The van der Waals surface area contributed by atoms with Crippen molar-refractivity contribution in [3.05, 3.63) is 36.1 Å². The van der Waals surface area contributed by atoms with Crippen LogP contribution in [0.3, 0.4) is 0 Å². The van der Waals surface area contributed by atoms with Gasteiger partial charge in [0.1, 0.15) is 0 Å². The molecule has 0 unspecified atom stereocenters. The molecule has 0 aliphatic carbocycles. The Morgan fingerprint density at radius 2 is 2.07 bits per heavy atom. The third kappa shape index (κ3) is 4.50. The fourth-order valence-corrected chi connectivity index (χ4v) is 0.811. The summed E-state index contributed by atoms with van der Waals surface area (Å²) in [6.45, 7) is 7.64. The molecule has 0 fully saturated rings. The molecule has 0 heterocycles. The lowest BCUT2D eigenvalue weighted by Gasteiger charge is -2.09. The molecule has 1 N–H and O–H groups in total. The van der Waals surface area contributed by atoms with Gasteiger partial charge >= 0.3 is 0 Å². The van der Waals surface area contributed by atoms with E-state index in [0.717, 1.165) is 11.3 Å². The van der Waals surface area contributed by atoms with E-state index in [0.29, 0.717) is 6.02 Å². The minimum absolute atomic E-state index is 0.495. The van der Waals surface area contributed by atoms with Crippen LogP contribution in [-0.2, 0) is 4.74 Å². The number of methoxy groups -OCH3 is 1. The Hall–Kier alpha value is -1.51. The number of rotatable bonds is 3. The first kappa shape index (κ1) is 12.5. The molecule has 0 atom stereocenters. The highest BCUT2D eigenvalue weighted by atomic mass is 16.5. The number of nitrogens with zero attached hydrogens (tertiary/aromatic N) is 1. The molecule has 3 nitrogen and oxygen atoms in total. The number of allylic oxidation sites excluding steroid dienone is 4. The Bertz CT molecular complexity index is 271. The summed E-state index contributed by atoms with van der Waals surface area (Å²) in [7, 11) is 3.25. The lowest BCUT2D eigenvalue weighted by atomic mass is 10.2. The molecule has 0 aromatic heterocycles. The van der Waals surface area contributed by atoms with Gasteiger partial charge in [-0.15, -0.1) is 0 Å². The van der Waals surface area contributed by atoms with Crippen LogP contribution >= 0.6 is 0 Å². The van der Waals surface area contributed by atoms with Crippen LogP contribution in [0.2, 0.25) is 0 Å². The van der Waals surface area contributed by atoms with E-state index in [4.69, 9.17) is 4.74 Å². The zero-order valence-electron chi connectivity index (χ0n) is 9.29.